The highest BCUT2D eigenvalue weighted by atomic mass is 32.2. The van der Waals surface area contributed by atoms with Gasteiger partial charge in [-0.3, -0.25) is 14.4 Å². The molecule has 2 aromatic rings. The molecule has 1 aliphatic heterocycles. The fraction of sp³-hybridized carbons (Fsp3) is 0.423. The van der Waals surface area contributed by atoms with Gasteiger partial charge in [0.25, 0.3) is 15.9 Å². The van der Waals surface area contributed by atoms with Gasteiger partial charge in [0.1, 0.15) is 10.9 Å². The molecule has 3 rings (SSSR count). The van der Waals surface area contributed by atoms with Crippen LogP contribution in [-0.4, -0.2) is 53.5 Å². The van der Waals surface area contributed by atoms with E-state index in [1.54, 1.807) is 19.1 Å². The van der Waals surface area contributed by atoms with Gasteiger partial charge in [-0.05, 0) is 58.7 Å². The number of hydrogen-bond acceptors (Lipinski definition) is 5. The summed E-state index contributed by atoms with van der Waals surface area (Å²) in [5.74, 6) is -1.14. The molecule has 1 heterocycles. The molecule has 0 radical (unpaired) electrons. The van der Waals surface area contributed by atoms with Gasteiger partial charge in [0.15, 0.2) is 0 Å². The average molecular weight is 500 g/mol. The van der Waals surface area contributed by atoms with Crippen molar-refractivity contribution in [2.75, 3.05) is 6.54 Å². The molecule has 0 spiro atoms. The molecule has 1 aliphatic rings. The Hall–Kier alpha value is -3.20. The van der Waals surface area contributed by atoms with E-state index in [1.165, 1.54) is 17.0 Å². The first-order valence-electron chi connectivity index (χ1n) is 11.6. The van der Waals surface area contributed by atoms with Crippen molar-refractivity contribution in [1.82, 2.24) is 14.5 Å². The highest BCUT2D eigenvalue weighted by molar-refractivity contribution is 7.90. The lowest BCUT2D eigenvalue weighted by Crippen LogP contribution is -2.52. The third kappa shape index (κ3) is 6.08. The molecule has 0 unspecified atom stereocenters. The summed E-state index contributed by atoms with van der Waals surface area (Å²) in [5.41, 5.74) is 1.62. The Morgan fingerprint density at radius 3 is 2.40 bits per heavy atom. The van der Waals surface area contributed by atoms with Gasteiger partial charge in [-0.15, -0.1) is 0 Å². The number of hydrogen-bond donors (Lipinski definition) is 1. The lowest BCUT2D eigenvalue weighted by atomic mass is 10.1. The van der Waals surface area contributed by atoms with E-state index in [2.05, 4.69) is 5.32 Å². The number of rotatable bonds is 8. The molecule has 3 amide bonds. The van der Waals surface area contributed by atoms with Gasteiger partial charge >= 0.3 is 0 Å². The van der Waals surface area contributed by atoms with Gasteiger partial charge in [0, 0.05) is 25.0 Å². The zero-order valence-electron chi connectivity index (χ0n) is 20.9. The highest BCUT2D eigenvalue weighted by Crippen LogP contribution is 2.30. The van der Waals surface area contributed by atoms with E-state index in [0.717, 1.165) is 15.4 Å². The fourth-order valence-corrected chi connectivity index (χ4v) is 5.64. The first-order valence-corrected chi connectivity index (χ1v) is 13.1. The van der Waals surface area contributed by atoms with Gasteiger partial charge < -0.3 is 10.2 Å². The molecule has 0 fully saturated rings. The molecular formula is C26H33N3O5S. The predicted molar refractivity (Wildman–Crippen MR) is 133 cm³/mol. The molecule has 0 saturated carbocycles. The van der Waals surface area contributed by atoms with Crippen molar-refractivity contribution in [2.45, 2.75) is 70.5 Å². The second kappa shape index (κ2) is 10.2. The summed E-state index contributed by atoms with van der Waals surface area (Å²) in [6, 6.07) is 13.1. The van der Waals surface area contributed by atoms with Crippen molar-refractivity contribution in [2.24, 2.45) is 0 Å². The maximum atomic E-state index is 13.3. The number of carbonyl (C=O) groups excluding carboxylic acids is 3. The number of amides is 3. The summed E-state index contributed by atoms with van der Waals surface area (Å²) in [5, 5.41) is 2.91. The van der Waals surface area contributed by atoms with Crippen LogP contribution in [0.4, 0.5) is 0 Å². The molecule has 1 N–H and O–H groups in total. The molecule has 0 saturated heterocycles. The summed E-state index contributed by atoms with van der Waals surface area (Å²) in [6.07, 6.45) is 0.143. The maximum Gasteiger partial charge on any atom is 0.269 e. The van der Waals surface area contributed by atoms with Crippen LogP contribution in [0.5, 0.6) is 0 Å². The van der Waals surface area contributed by atoms with Crippen molar-refractivity contribution in [3.05, 3.63) is 65.2 Å². The van der Waals surface area contributed by atoms with Gasteiger partial charge in [0.2, 0.25) is 11.8 Å². The quantitative estimate of drug-likeness (QED) is 0.601. The Morgan fingerprint density at radius 1 is 1.09 bits per heavy atom. The lowest BCUT2D eigenvalue weighted by Gasteiger charge is -2.31. The monoisotopic (exact) mass is 499 g/mol. The van der Waals surface area contributed by atoms with Crippen LogP contribution < -0.4 is 5.32 Å². The Balaban J connectivity index is 1.73. The third-order valence-corrected chi connectivity index (χ3v) is 7.61. The number of carbonyl (C=O) groups is 3. The van der Waals surface area contributed by atoms with E-state index in [9.17, 15) is 22.8 Å². The summed E-state index contributed by atoms with van der Waals surface area (Å²) in [4.78, 5) is 40.3. The number of benzene rings is 2. The molecule has 35 heavy (non-hydrogen) atoms. The van der Waals surface area contributed by atoms with Crippen LogP contribution in [0.25, 0.3) is 0 Å². The van der Waals surface area contributed by atoms with Crippen LogP contribution in [0.1, 0.15) is 62.0 Å². The van der Waals surface area contributed by atoms with E-state index in [1.807, 2.05) is 52.0 Å². The summed E-state index contributed by atoms with van der Waals surface area (Å²) in [7, 11) is -3.92. The van der Waals surface area contributed by atoms with Crippen molar-refractivity contribution in [3.63, 3.8) is 0 Å². The van der Waals surface area contributed by atoms with Crippen molar-refractivity contribution < 1.29 is 22.8 Å². The Morgan fingerprint density at radius 2 is 1.77 bits per heavy atom. The molecule has 0 aliphatic carbocycles. The van der Waals surface area contributed by atoms with Crippen molar-refractivity contribution in [1.29, 1.82) is 0 Å². The van der Waals surface area contributed by atoms with E-state index in [0.29, 0.717) is 0 Å². The minimum atomic E-state index is -3.92. The van der Waals surface area contributed by atoms with E-state index in [4.69, 9.17) is 0 Å². The fourth-order valence-electron chi connectivity index (χ4n) is 4.03. The summed E-state index contributed by atoms with van der Waals surface area (Å²) in [6.45, 7) is 9.38. The maximum absolute atomic E-state index is 13.3. The SMILES string of the molecule is Cc1cccc(CN(C(=O)CCCN2C(=O)c3ccccc3S2(=O)=O)[C@@H](C)C(=O)NC(C)(C)C)c1. The topological polar surface area (TPSA) is 104 Å². The molecule has 2 aromatic carbocycles. The number of sulfonamides is 1. The smallest absolute Gasteiger partial charge is 0.269 e. The molecule has 1 atom stereocenters. The minimum Gasteiger partial charge on any atom is -0.350 e. The molecule has 0 bridgehead atoms. The first kappa shape index (κ1) is 26.4. The second-order valence-electron chi connectivity index (χ2n) is 9.91. The first-order chi connectivity index (χ1) is 16.3. The molecular weight excluding hydrogens is 466 g/mol. The van der Waals surface area contributed by atoms with Crippen LogP contribution in [0.3, 0.4) is 0 Å². The van der Waals surface area contributed by atoms with Gasteiger partial charge in [-0.1, -0.05) is 42.0 Å². The molecule has 9 heteroatoms. The Bertz CT molecular complexity index is 1230. The van der Waals surface area contributed by atoms with Gasteiger partial charge in [-0.25, -0.2) is 12.7 Å². The zero-order valence-corrected chi connectivity index (χ0v) is 21.7. The number of aryl methyl sites for hydroxylation is 1. The van der Waals surface area contributed by atoms with Crippen molar-refractivity contribution in [3.8, 4) is 0 Å². The van der Waals surface area contributed by atoms with E-state index in [-0.39, 0.29) is 48.2 Å². The number of fused-ring (bicyclic) bond motifs is 1. The highest BCUT2D eigenvalue weighted by Gasteiger charge is 2.40. The van der Waals surface area contributed by atoms with E-state index < -0.39 is 27.5 Å². The molecule has 188 valence electrons. The Labute approximate surface area is 207 Å². The van der Waals surface area contributed by atoms with Crippen LogP contribution in [0.15, 0.2) is 53.4 Å². The molecule has 8 nitrogen and oxygen atoms in total. The predicted octanol–water partition coefficient (Wildman–Crippen LogP) is 3.25. The summed E-state index contributed by atoms with van der Waals surface area (Å²) < 4.78 is 26.4. The second-order valence-corrected chi connectivity index (χ2v) is 11.7. The summed E-state index contributed by atoms with van der Waals surface area (Å²) >= 11 is 0. The largest absolute Gasteiger partial charge is 0.350 e. The van der Waals surface area contributed by atoms with Crippen LogP contribution >= 0.6 is 0 Å². The van der Waals surface area contributed by atoms with E-state index >= 15 is 0 Å². The average Bonchev–Trinajstić information content (AvgIpc) is 2.96. The van der Waals surface area contributed by atoms with Gasteiger partial charge in [0.05, 0.1) is 5.56 Å². The standard InChI is InChI=1S/C26H33N3O5S/c1-18-10-8-11-20(16-18)17-28(19(2)24(31)27-26(3,4)5)23(30)14-9-15-29-25(32)21-12-6-7-13-22(21)35(29,33)34/h6-8,10-13,16,19H,9,14-15,17H2,1-5H3,(H,27,31)/t19-/m0/s1. The molecule has 0 aromatic heterocycles. The van der Waals surface area contributed by atoms with Crippen molar-refractivity contribution >= 4 is 27.7 Å². The normalized spacial score (nSPS) is 15.5. The van der Waals surface area contributed by atoms with Gasteiger partial charge in [-0.2, -0.15) is 0 Å². The van der Waals surface area contributed by atoms with Crippen LogP contribution in [0, 0.1) is 6.92 Å². The number of nitrogens with zero attached hydrogens (tertiary/aromatic N) is 2. The lowest BCUT2D eigenvalue weighted by molar-refractivity contribution is -0.141. The third-order valence-electron chi connectivity index (χ3n) is 5.76. The minimum absolute atomic E-state index is 0.00536. The van der Waals surface area contributed by atoms with Crippen LogP contribution in [0.2, 0.25) is 0 Å². The Kier molecular flexibility index (Phi) is 7.69. The zero-order chi connectivity index (χ0) is 26.0. The number of nitrogens with one attached hydrogen (secondary N) is 1. The van der Waals surface area contributed by atoms with Crippen LogP contribution in [-0.2, 0) is 26.2 Å².